The second kappa shape index (κ2) is 35.4. The lowest BCUT2D eigenvalue weighted by molar-refractivity contribution is -0.870. The molecule has 0 spiro atoms. The number of unbranched alkanes of at least 4 members (excludes halogenated alkanes) is 10. The van der Waals surface area contributed by atoms with E-state index in [0.717, 1.165) is 89.9 Å². The number of aliphatic hydroxyl groups is 1. The molecule has 9 heteroatoms. The Kier molecular flexibility index (Phi) is 33.8. The summed E-state index contributed by atoms with van der Waals surface area (Å²) < 4.78 is 23.4. The second-order valence-electron chi connectivity index (χ2n) is 14.6. The Balaban J connectivity index is 4.54. The number of amides is 1. The number of phosphoric ester groups is 1. The van der Waals surface area contributed by atoms with Gasteiger partial charge in [-0.1, -0.05) is 137 Å². The van der Waals surface area contributed by atoms with E-state index in [1.165, 1.54) is 25.7 Å². The summed E-state index contributed by atoms with van der Waals surface area (Å²) in [5.74, 6) is -0.212. The van der Waals surface area contributed by atoms with Gasteiger partial charge in [0.15, 0.2) is 0 Å². The number of aliphatic hydroxyl groups excluding tert-OH is 1. The number of allylic oxidation sites excluding steroid dienone is 13. The molecule has 53 heavy (non-hydrogen) atoms. The molecule has 8 nitrogen and oxygen atoms in total. The molecule has 3 N–H and O–H groups in total. The van der Waals surface area contributed by atoms with Gasteiger partial charge in [0.1, 0.15) is 13.2 Å². The molecule has 0 rings (SSSR count). The maximum Gasteiger partial charge on any atom is 0.472 e. The van der Waals surface area contributed by atoms with Gasteiger partial charge in [-0.05, 0) is 77.0 Å². The number of likely N-dealkylation sites (N-methyl/N-ethyl adjacent to an activating group) is 1. The molecule has 3 unspecified atom stereocenters. The van der Waals surface area contributed by atoms with Gasteiger partial charge in [0.2, 0.25) is 5.91 Å². The van der Waals surface area contributed by atoms with Crippen LogP contribution in [0.25, 0.3) is 0 Å². The van der Waals surface area contributed by atoms with Crippen LogP contribution < -0.4 is 5.32 Å². The average Bonchev–Trinajstić information content (AvgIpc) is 3.10. The highest BCUT2D eigenvalue weighted by Gasteiger charge is 2.27. The summed E-state index contributed by atoms with van der Waals surface area (Å²) in [4.78, 5) is 23.0. The minimum atomic E-state index is -4.35. The first-order valence-corrected chi connectivity index (χ1v) is 22.0. The van der Waals surface area contributed by atoms with E-state index in [9.17, 15) is 19.4 Å². The van der Waals surface area contributed by atoms with Gasteiger partial charge in [-0.15, -0.1) is 0 Å². The van der Waals surface area contributed by atoms with E-state index in [1.54, 1.807) is 6.08 Å². The van der Waals surface area contributed by atoms with Gasteiger partial charge in [-0.25, -0.2) is 4.57 Å². The zero-order chi connectivity index (χ0) is 39.3. The Morgan fingerprint density at radius 2 is 1.15 bits per heavy atom. The highest BCUT2D eigenvalue weighted by Crippen LogP contribution is 2.43. The molecular formula is C44H78N2O6P+. The normalized spacial score (nSPS) is 15.4. The highest BCUT2D eigenvalue weighted by atomic mass is 31.2. The predicted octanol–water partition coefficient (Wildman–Crippen LogP) is 11.0. The average molecular weight is 762 g/mol. The van der Waals surface area contributed by atoms with Gasteiger partial charge in [0, 0.05) is 6.42 Å². The topological polar surface area (TPSA) is 105 Å². The summed E-state index contributed by atoms with van der Waals surface area (Å²) >= 11 is 0. The molecule has 0 aliphatic rings. The van der Waals surface area contributed by atoms with Crippen molar-refractivity contribution in [3.05, 3.63) is 85.1 Å². The second-order valence-corrected chi connectivity index (χ2v) is 16.1. The van der Waals surface area contributed by atoms with Crippen molar-refractivity contribution < 1.29 is 32.9 Å². The smallest absolute Gasteiger partial charge is 0.387 e. The largest absolute Gasteiger partial charge is 0.472 e. The van der Waals surface area contributed by atoms with Gasteiger partial charge < -0.3 is 19.8 Å². The van der Waals surface area contributed by atoms with Crippen molar-refractivity contribution in [1.82, 2.24) is 5.32 Å². The third kappa shape index (κ3) is 37.8. The number of phosphoric acid groups is 1. The standard InChI is InChI=1S/C44H77N2O6P/c1-6-8-10-12-14-16-18-20-21-22-23-24-25-26-28-30-32-34-36-38-44(48)45-42(41-52-53(49,50)51-40-39-46(3,4)5)43(47)37-35-33-31-29-27-19-17-15-13-11-9-7-2/h8,10,13-16,20-21,23-24,27,29,35,37,42-43,47H,6-7,9,11-12,17-19,22,25-26,28,30-34,36,38-41H2,1-5H3,(H-,45,48,49,50)/p+1/b10-8-,15-13+,16-14-,21-20-,24-23-,29-27+,37-35+. The van der Waals surface area contributed by atoms with E-state index in [-0.39, 0.29) is 19.1 Å². The molecule has 0 aliphatic carbocycles. The lowest BCUT2D eigenvalue weighted by atomic mass is 10.1. The molecule has 0 aliphatic heterocycles. The summed E-state index contributed by atoms with van der Waals surface area (Å²) in [7, 11) is 1.52. The van der Waals surface area contributed by atoms with Crippen LogP contribution in [0.15, 0.2) is 85.1 Å². The van der Waals surface area contributed by atoms with Crippen molar-refractivity contribution in [2.75, 3.05) is 40.9 Å². The van der Waals surface area contributed by atoms with Crippen LogP contribution in [0.2, 0.25) is 0 Å². The quantitative estimate of drug-likeness (QED) is 0.0257. The van der Waals surface area contributed by atoms with Crippen molar-refractivity contribution in [3.8, 4) is 0 Å². The Morgan fingerprint density at radius 1 is 0.660 bits per heavy atom. The Hall–Kier alpha value is -2.32. The van der Waals surface area contributed by atoms with Crippen LogP contribution in [0.5, 0.6) is 0 Å². The van der Waals surface area contributed by atoms with Crippen LogP contribution in [-0.2, 0) is 18.4 Å². The molecule has 1 amide bonds. The first-order valence-electron chi connectivity index (χ1n) is 20.5. The van der Waals surface area contributed by atoms with Crippen molar-refractivity contribution in [2.24, 2.45) is 0 Å². The van der Waals surface area contributed by atoms with Crippen LogP contribution in [0.4, 0.5) is 0 Å². The number of nitrogens with zero attached hydrogens (tertiary/aromatic N) is 1. The molecule has 3 atom stereocenters. The number of carbonyl (C=O) groups is 1. The van der Waals surface area contributed by atoms with Crippen molar-refractivity contribution in [3.63, 3.8) is 0 Å². The van der Waals surface area contributed by atoms with E-state index >= 15 is 0 Å². The van der Waals surface area contributed by atoms with Crippen LogP contribution >= 0.6 is 7.82 Å². The van der Waals surface area contributed by atoms with Crippen LogP contribution in [0.3, 0.4) is 0 Å². The summed E-state index contributed by atoms with van der Waals surface area (Å²) in [6.07, 6.45) is 47.9. The first-order chi connectivity index (χ1) is 25.5. The zero-order valence-electron chi connectivity index (χ0n) is 34.2. The summed E-state index contributed by atoms with van der Waals surface area (Å²) in [5, 5.41) is 13.7. The minimum Gasteiger partial charge on any atom is -0.387 e. The van der Waals surface area contributed by atoms with E-state index < -0.39 is 20.0 Å². The van der Waals surface area contributed by atoms with Gasteiger partial charge in [0.05, 0.1) is 39.9 Å². The lowest BCUT2D eigenvalue weighted by Gasteiger charge is -2.25. The summed E-state index contributed by atoms with van der Waals surface area (Å²) in [6, 6.07) is -0.880. The molecule has 0 aromatic carbocycles. The number of hydrogen-bond acceptors (Lipinski definition) is 5. The van der Waals surface area contributed by atoms with Crippen LogP contribution in [0.1, 0.15) is 136 Å². The molecule has 0 aromatic heterocycles. The maximum atomic E-state index is 12.8. The molecule has 304 valence electrons. The van der Waals surface area contributed by atoms with Crippen molar-refractivity contribution in [1.29, 1.82) is 0 Å². The predicted molar refractivity (Wildman–Crippen MR) is 226 cm³/mol. The molecule has 0 radical (unpaired) electrons. The fraction of sp³-hybridized carbons (Fsp3) is 0.659. The molecular weight excluding hydrogens is 683 g/mol. The zero-order valence-corrected chi connectivity index (χ0v) is 35.1. The third-order valence-electron chi connectivity index (χ3n) is 8.33. The van der Waals surface area contributed by atoms with Crippen LogP contribution in [-0.4, -0.2) is 73.4 Å². The molecule has 0 saturated carbocycles. The monoisotopic (exact) mass is 762 g/mol. The minimum absolute atomic E-state index is 0.0455. The summed E-state index contributed by atoms with van der Waals surface area (Å²) in [6.45, 7) is 4.57. The van der Waals surface area contributed by atoms with Gasteiger partial charge in [-0.3, -0.25) is 13.8 Å². The highest BCUT2D eigenvalue weighted by molar-refractivity contribution is 7.47. The lowest BCUT2D eigenvalue weighted by Crippen LogP contribution is -2.45. The Morgan fingerprint density at radius 3 is 1.74 bits per heavy atom. The molecule has 0 bridgehead atoms. The van der Waals surface area contributed by atoms with Crippen molar-refractivity contribution >= 4 is 13.7 Å². The van der Waals surface area contributed by atoms with E-state index in [1.807, 2.05) is 27.2 Å². The number of hydrogen-bond donors (Lipinski definition) is 3. The number of nitrogens with one attached hydrogen (secondary N) is 1. The molecule has 0 aromatic rings. The molecule has 0 fully saturated rings. The third-order valence-corrected chi connectivity index (χ3v) is 9.31. The number of quaternary nitrogens is 1. The fourth-order valence-electron chi connectivity index (χ4n) is 5.05. The van der Waals surface area contributed by atoms with Gasteiger partial charge in [0.25, 0.3) is 0 Å². The van der Waals surface area contributed by atoms with E-state index in [4.69, 9.17) is 9.05 Å². The number of carbonyl (C=O) groups excluding carboxylic acids is 1. The van der Waals surface area contributed by atoms with Gasteiger partial charge >= 0.3 is 7.82 Å². The van der Waals surface area contributed by atoms with Crippen molar-refractivity contribution in [2.45, 2.75) is 148 Å². The first kappa shape index (κ1) is 50.7. The summed E-state index contributed by atoms with van der Waals surface area (Å²) in [5.41, 5.74) is 0. The maximum absolute atomic E-state index is 12.8. The van der Waals surface area contributed by atoms with Gasteiger partial charge in [-0.2, -0.15) is 0 Å². The molecule has 0 saturated heterocycles. The van der Waals surface area contributed by atoms with Crippen LogP contribution in [0, 0.1) is 0 Å². The number of rotatable bonds is 35. The van der Waals surface area contributed by atoms with E-state index in [2.05, 4.69) is 92.1 Å². The van der Waals surface area contributed by atoms with E-state index in [0.29, 0.717) is 17.4 Å². The SMILES string of the molecule is CC/C=C\C/C=C\C/C=C\C/C=C\CCCCCCCCC(=O)NC(COP(=O)(O)OCC[N+](C)(C)C)C(O)/C=C/CC/C=C/CC/C=C/CCCC. The Bertz CT molecular complexity index is 1140. The molecule has 0 heterocycles. The Labute approximate surface area is 325 Å². The fourth-order valence-corrected chi connectivity index (χ4v) is 5.78.